The van der Waals surface area contributed by atoms with Gasteiger partial charge in [-0.25, -0.2) is 9.52 Å². The molecule has 1 atom stereocenters. The Morgan fingerprint density at radius 2 is 2.00 bits per heavy atom. The zero-order chi connectivity index (χ0) is 15.3. The van der Waals surface area contributed by atoms with E-state index in [0.717, 1.165) is 4.31 Å². The molecule has 0 aromatic rings. The number of rotatable bonds is 4. The number of nitrogens with one attached hydrogen (secondary N) is 1. The summed E-state index contributed by atoms with van der Waals surface area (Å²) < 4.78 is 36.2. The Balaban J connectivity index is 2.67. The predicted octanol–water partition coefficient (Wildman–Crippen LogP) is 0.251. The number of hydrogen-bond donors (Lipinski definition) is 1. The second-order valence-electron chi connectivity index (χ2n) is 4.78. The summed E-state index contributed by atoms with van der Waals surface area (Å²) in [4.78, 5) is 22.8. The maximum absolute atomic E-state index is 12.0. The number of carbonyl (C=O) groups is 2. The van der Waals surface area contributed by atoms with Crippen LogP contribution in [0.1, 0.15) is 26.7 Å². The van der Waals surface area contributed by atoms with Crippen molar-refractivity contribution >= 4 is 22.3 Å². The van der Waals surface area contributed by atoms with Crippen LogP contribution in [0.15, 0.2) is 0 Å². The molecule has 0 spiro atoms. The van der Waals surface area contributed by atoms with E-state index in [1.807, 2.05) is 4.72 Å². The molecule has 0 aromatic carbocycles. The molecule has 1 aliphatic rings. The summed E-state index contributed by atoms with van der Waals surface area (Å²) in [6, 6.07) is 0. The number of amides is 1. The van der Waals surface area contributed by atoms with Crippen LogP contribution >= 0.6 is 0 Å². The Labute approximate surface area is 118 Å². The molecule has 20 heavy (non-hydrogen) atoms. The van der Waals surface area contributed by atoms with Crippen LogP contribution in [0, 0.1) is 5.92 Å². The van der Waals surface area contributed by atoms with E-state index >= 15 is 0 Å². The van der Waals surface area contributed by atoms with Gasteiger partial charge in [0.15, 0.2) is 0 Å². The van der Waals surface area contributed by atoms with Crippen molar-refractivity contribution in [3.05, 3.63) is 0 Å². The lowest BCUT2D eigenvalue weighted by atomic mass is 10.0. The van der Waals surface area contributed by atoms with Crippen LogP contribution in [0.3, 0.4) is 0 Å². The summed E-state index contributed by atoms with van der Waals surface area (Å²) in [6.45, 7) is 3.47. The van der Waals surface area contributed by atoms with E-state index in [4.69, 9.17) is 4.74 Å². The van der Waals surface area contributed by atoms with Crippen molar-refractivity contribution < 1.29 is 27.5 Å². The number of esters is 1. The zero-order valence-corrected chi connectivity index (χ0v) is 12.6. The van der Waals surface area contributed by atoms with Gasteiger partial charge in [0.2, 0.25) is 0 Å². The van der Waals surface area contributed by atoms with Crippen LogP contribution in [0.5, 0.6) is 0 Å². The van der Waals surface area contributed by atoms with Crippen molar-refractivity contribution in [3.63, 3.8) is 0 Å². The molecule has 1 heterocycles. The van der Waals surface area contributed by atoms with Gasteiger partial charge in [0, 0.05) is 13.1 Å². The van der Waals surface area contributed by atoms with Crippen molar-refractivity contribution in [1.29, 1.82) is 0 Å². The van der Waals surface area contributed by atoms with E-state index in [1.54, 1.807) is 13.8 Å². The maximum atomic E-state index is 12.0. The average molecular weight is 308 g/mol. The maximum Gasteiger partial charge on any atom is 0.422 e. The van der Waals surface area contributed by atoms with E-state index in [0.29, 0.717) is 12.8 Å². The molecule has 1 N–H and O–H groups in total. The van der Waals surface area contributed by atoms with E-state index < -0.39 is 34.3 Å². The average Bonchev–Trinajstić information content (AvgIpc) is 2.36. The third-order valence-corrected chi connectivity index (χ3v) is 4.25. The van der Waals surface area contributed by atoms with Gasteiger partial charge < -0.3 is 9.47 Å². The molecule has 0 bridgehead atoms. The smallest absolute Gasteiger partial charge is 0.422 e. The summed E-state index contributed by atoms with van der Waals surface area (Å²) in [5.74, 6) is -0.957. The van der Waals surface area contributed by atoms with Crippen molar-refractivity contribution in [3.8, 4) is 0 Å². The Bertz CT molecular complexity index is 462. The normalized spacial score (nSPS) is 20.5. The Morgan fingerprint density at radius 3 is 2.55 bits per heavy atom. The Hall–Kier alpha value is -1.35. The molecule has 1 fully saturated rings. The van der Waals surface area contributed by atoms with Gasteiger partial charge in [0.1, 0.15) is 0 Å². The van der Waals surface area contributed by atoms with Crippen LogP contribution in [0.4, 0.5) is 4.79 Å². The first-order valence-electron chi connectivity index (χ1n) is 6.32. The van der Waals surface area contributed by atoms with Gasteiger partial charge in [-0.1, -0.05) is 0 Å². The number of carbonyl (C=O) groups excluding carboxylic acids is 2. The van der Waals surface area contributed by atoms with Crippen LogP contribution in [0.25, 0.3) is 0 Å². The van der Waals surface area contributed by atoms with Gasteiger partial charge in [-0.15, -0.1) is 0 Å². The SMILES string of the molecule is COC(=O)C1CCCN(S(=O)(=O)NC(=O)OC(C)C)C1. The summed E-state index contributed by atoms with van der Waals surface area (Å²) in [6.07, 6.45) is -0.357. The second-order valence-corrected chi connectivity index (χ2v) is 6.45. The lowest BCUT2D eigenvalue weighted by Crippen LogP contribution is -2.49. The van der Waals surface area contributed by atoms with Crippen LogP contribution in [0.2, 0.25) is 0 Å². The molecule has 8 nitrogen and oxygen atoms in total. The van der Waals surface area contributed by atoms with Gasteiger partial charge >= 0.3 is 22.3 Å². The quantitative estimate of drug-likeness (QED) is 0.747. The molecular weight excluding hydrogens is 288 g/mol. The number of ether oxygens (including phenoxy) is 2. The van der Waals surface area contributed by atoms with Gasteiger partial charge in [-0.2, -0.15) is 12.7 Å². The highest BCUT2D eigenvalue weighted by molar-refractivity contribution is 7.87. The first-order chi connectivity index (χ1) is 9.26. The minimum absolute atomic E-state index is 0.00301. The van der Waals surface area contributed by atoms with Crippen molar-refractivity contribution in [2.24, 2.45) is 5.92 Å². The van der Waals surface area contributed by atoms with E-state index in [1.165, 1.54) is 7.11 Å². The highest BCUT2D eigenvalue weighted by Gasteiger charge is 2.34. The van der Waals surface area contributed by atoms with Crippen LogP contribution in [-0.4, -0.2) is 51.1 Å². The molecule has 1 rings (SSSR count). The fraction of sp³-hybridized carbons (Fsp3) is 0.818. The fourth-order valence-electron chi connectivity index (χ4n) is 1.93. The summed E-state index contributed by atoms with van der Waals surface area (Å²) in [5.41, 5.74) is 0. The number of methoxy groups -OCH3 is 1. The summed E-state index contributed by atoms with van der Waals surface area (Å²) in [7, 11) is -2.74. The summed E-state index contributed by atoms with van der Waals surface area (Å²) in [5, 5.41) is 0. The molecule has 1 unspecified atom stereocenters. The number of piperidine rings is 1. The van der Waals surface area contributed by atoms with Crippen LogP contribution in [-0.2, 0) is 24.5 Å². The molecule has 1 amide bonds. The standard InChI is InChI=1S/C11H20N2O6S/c1-8(2)19-11(15)12-20(16,17)13-6-4-5-9(7-13)10(14)18-3/h8-9H,4-7H2,1-3H3,(H,12,15). The van der Waals surface area contributed by atoms with Crippen LogP contribution < -0.4 is 4.72 Å². The Kier molecular flexibility index (Phi) is 5.75. The molecule has 0 aliphatic carbocycles. The molecule has 116 valence electrons. The van der Waals surface area contributed by atoms with Gasteiger partial charge in [-0.05, 0) is 26.7 Å². The second kappa shape index (κ2) is 6.89. The highest BCUT2D eigenvalue weighted by atomic mass is 32.2. The molecule has 1 saturated heterocycles. The van der Waals surface area contributed by atoms with Gasteiger partial charge in [-0.3, -0.25) is 4.79 Å². The highest BCUT2D eigenvalue weighted by Crippen LogP contribution is 2.19. The molecule has 0 aromatic heterocycles. The molecule has 9 heteroatoms. The Morgan fingerprint density at radius 1 is 1.35 bits per heavy atom. The molecule has 0 saturated carbocycles. The third kappa shape index (κ3) is 4.64. The largest absolute Gasteiger partial charge is 0.469 e. The van der Waals surface area contributed by atoms with Gasteiger partial charge in [0.05, 0.1) is 19.1 Å². The minimum Gasteiger partial charge on any atom is -0.469 e. The van der Waals surface area contributed by atoms with E-state index in [-0.39, 0.29) is 13.1 Å². The molecule has 1 aliphatic heterocycles. The third-order valence-electron chi connectivity index (χ3n) is 2.81. The van der Waals surface area contributed by atoms with E-state index in [2.05, 4.69) is 4.74 Å². The number of nitrogens with zero attached hydrogens (tertiary/aromatic N) is 1. The lowest BCUT2D eigenvalue weighted by Gasteiger charge is -2.30. The predicted molar refractivity (Wildman–Crippen MR) is 70.0 cm³/mol. The van der Waals surface area contributed by atoms with E-state index in [9.17, 15) is 18.0 Å². The van der Waals surface area contributed by atoms with Crippen molar-refractivity contribution in [2.45, 2.75) is 32.8 Å². The zero-order valence-electron chi connectivity index (χ0n) is 11.8. The van der Waals surface area contributed by atoms with Gasteiger partial charge in [0.25, 0.3) is 0 Å². The first-order valence-corrected chi connectivity index (χ1v) is 7.76. The molecular formula is C11H20N2O6S. The minimum atomic E-state index is -4.00. The fourth-order valence-corrected chi connectivity index (χ4v) is 3.06. The summed E-state index contributed by atoms with van der Waals surface area (Å²) >= 11 is 0. The lowest BCUT2D eigenvalue weighted by molar-refractivity contribution is -0.146. The van der Waals surface area contributed by atoms with Crippen molar-refractivity contribution in [2.75, 3.05) is 20.2 Å². The molecule has 0 radical (unpaired) electrons. The number of hydrogen-bond acceptors (Lipinski definition) is 6. The topological polar surface area (TPSA) is 102 Å². The monoisotopic (exact) mass is 308 g/mol. The first kappa shape index (κ1) is 16.7. The van der Waals surface area contributed by atoms with Crippen molar-refractivity contribution in [1.82, 2.24) is 9.03 Å².